The second kappa shape index (κ2) is 13.3. The van der Waals surface area contributed by atoms with Crippen molar-refractivity contribution in [1.29, 1.82) is 0 Å². The predicted octanol–water partition coefficient (Wildman–Crippen LogP) is 0.833. The quantitative estimate of drug-likeness (QED) is 0.434. The van der Waals surface area contributed by atoms with E-state index in [0.29, 0.717) is 25.7 Å². The van der Waals surface area contributed by atoms with Gasteiger partial charge in [0.15, 0.2) is 0 Å². The zero-order chi connectivity index (χ0) is 16.0. The second-order valence-electron chi connectivity index (χ2n) is 4.06. The summed E-state index contributed by atoms with van der Waals surface area (Å²) in [5.74, 6) is -2.94. The maximum atomic E-state index is 10.1. The van der Waals surface area contributed by atoms with Gasteiger partial charge < -0.3 is 21.1 Å². The van der Waals surface area contributed by atoms with Crippen LogP contribution in [0.2, 0.25) is 0 Å². The van der Waals surface area contributed by atoms with E-state index in [9.17, 15) is 19.2 Å². The van der Waals surface area contributed by atoms with Gasteiger partial charge >= 0.3 is 17.9 Å². The van der Waals surface area contributed by atoms with Crippen LogP contribution in [0.15, 0.2) is 0 Å². The van der Waals surface area contributed by atoms with Crippen LogP contribution in [0.5, 0.6) is 0 Å². The molecule has 0 spiro atoms. The van der Waals surface area contributed by atoms with Gasteiger partial charge in [-0.05, 0) is 25.7 Å². The van der Waals surface area contributed by atoms with Crippen LogP contribution in [0.4, 0.5) is 0 Å². The number of carboxylic acids is 3. The van der Waals surface area contributed by atoms with Crippen molar-refractivity contribution in [3.8, 4) is 0 Å². The van der Waals surface area contributed by atoms with Crippen LogP contribution >= 0.6 is 0 Å². The normalized spacial score (nSPS) is 9.20. The molecular formula is C12H21NO7. The van der Waals surface area contributed by atoms with Crippen molar-refractivity contribution >= 4 is 23.8 Å². The number of carbonyl (C=O) groups is 4. The van der Waals surface area contributed by atoms with Crippen LogP contribution in [-0.2, 0) is 19.2 Å². The van der Waals surface area contributed by atoms with Gasteiger partial charge in [-0.3, -0.25) is 19.2 Å². The lowest BCUT2D eigenvalue weighted by atomic mass is 10.2. The van der Waals surface area contributed by atoms with E-state index in [-0.39, 0.29) is 31.6 Å². The Labute approximate surface area is 116 Å². The second-order valence-corrected chi connectivity index (χ2v) is 4.06. The third-order valence-electron chi connectivity index (χ3n) is 2.10. The Morgan fingerprint density at radius 3 is 1.05 bits per heavy atom. The number of hydrogen-bond acceptors (Lipinski definition) is 4. The Morgan fingerprint density at radius 1 is 0.600 bits per heavy atom. The number of rotatable bonds is 10. The minimum atomic E-state index is -0.870. The fraction of sp³-hybridized carbons (Fsp3) is 0.667. The zero-order valence-electron chi connectivity index (χ0n) is 11.2. The van der Waals surface area contributed by atoms with Gasteiger partial charge in [-0.25, -0.2) is 0 Å². The molecule has 0 aromatic heterocycles. The van der Waals surface area contributed by atoms with Crippen LogP contribution in [0.1, 0.15) is 51.4 Å². The number of amides is 1. The van der Waals surface area contributed by atoms with E-state index in [4.69, 9.17) is 21.1 Å². The van der Waals surface area contributed by atoms with E-state index in [1.165, 1.54) is 0 Å². The van der Waals surface area contributed by atoms with Crippen LogP contribution < -0.4 is 5.73 Å². The number of carbonyl (C=O) groups excluding carboxylic acids is 1. The predicted molar refractivity (Wildman–Crippen MR) is 69.0 cm³/mol. The Bertz CT molecular complexity index is 264. The highest BCUT2D eigenvalue weighted by atomic mass is 16.4. The molecule has 8 heteroatoms. The van der Waals surface area contributed by atoms with Crippen LogP contribution in [0.25, 0.3) is 0 Å². The summed E-state index contributed by atoms with van der Waals surface area (Å²) in [6.45, 7) is 0. The van der Waals surface area contributed by atoms with Gasteiger partial charge in [0.1, 0.15) is 0 Å². The first kappa shape index (κ1) is 20.2. The highest BCUT2D eigenvalue weighted by Gasteiger charge is 1.99. The molecule has 0 heterocycles. The van der Waals surface area contributed by atoms with Gasteiger partial charge in [0.05, 0.1) is 0 Å². The highest BCUT2D eigenvalue weighted by molar-refractivity contribution is 5.73. The zero-order valence-corrected chi connectivity index (χ0v) is 11.2. The Balaban J connectivity index is 0. The molecule has 0 radical (unpaired) electrons. The maximum absolute atomic E-state index is 10.1. The molecule has 0 atom stereocenters. The molecule has 0 fully saturated rings. The van der Waals surface area contributed by atoms with Gasteiger partial charge in [0.25, 0.3) is 0 Å². The van der Waals surface area contributed by atoms with E-state index < -0.39 is 17.9 Å². The molecule has 8 nitrogen and oxygen atoms in total. The molecule has 0 aliphatic carbocycles. The summed E-state index contributed by atoms with van der Waals surface area (Å²) >= 11 is 0. The fourth-order valence-electron chi connectivity index (χ4n) is 1.13. The first-order valence-electron chi connectivity index (χ1n) is 6.19. The molecular weight excluding hydrogens is 270 g/mol. The smallest absolute Gasteiger partial charge is 0.303 e. The van der Waals surface area contributed by atoms with Gasteiger partial charge in [-0.15, -0.1) is 0 Å². The van der Waals surface area contributed by atoms with Crippen molar-refractivity contribution in [2.24, 2.45) is 5.73 Å². The number of hydrogen-bond donors (Lipinski definition) is 4. The lowest BCUT2D eigenvalue weighted by molar-refractivity contribution is -0.139. The number of carboxylic acid groups (broad SMARTS) is 3. The standard InChI is InChI=1S/C6H11NO3.C6H10O4/c2*7-5(8)3-1-2-4-6(9)10/h1-4H2,(H2,7,8)(H,9,10);1-4H2,(H,7,8)(H,9,10). The molecule has 0 aromatic carbocycles. The van der Waals surface area contributed by atoms with Crippen molar-refractivity contribution in [2.75, 3.05) is 0 Å². The Morgan fingerprint density at radius 2 is 0.850 bits per heavy atom. The SMILES string of the molecule is NC(=O)CCCCC(=O)O.O=C(O)CCCCC(=O)O. The third kappa shape index (κ3) is 24.9. The number of unbranched alkanes of at least 4 members (excludes halogenated alkanes) is 2. The number of aliphatic carboxylic acids is 3. The van der Waals surface area contributed by atoms with Crippen molar-refractivity contribution < 1.29 is 34.5 Å². The molecule has 0 unspecified atom stereocenters. The molecule has 0 bridgehead atoms. The van der Waals surface area contributed by atoms with E-state index in [1.54, 1.807) is 0 Å². The van der Waals surface area contributed by atoms with Gasteiger partial charge in [-0.2, -0.15) is 0 Å². The first-order valence-corrected chi connectivity index (χ1v) is 6.19. The molecule has 20 heavy (non-hydrogen) atoms. The molecule has 116 valence electrons. The summed E-state index contributed by atoms with van der Waals surface area (Å²) in [7, 11) is 0. The summed E-state index contributed by atoms with van der Waals surface area (Å²) in [6, 6.07) is 0. The largest absolute Gasteiger partial charge is 0.481 e. The molecule has 0 rings (SSSR count). The van der Waals surface area contributed by atoms with Gasteiger partial charge in [-0.1, -0.05) is 0 Å². The monoisotopic (exact) mass is 291 g/mol. The van der Waals surface area contributed by atoms with E-state index in [2.05, 4.69) is 0 Å². The number of nitrogens with two attached hydrogens (primary N) is 1. The topological polar surface area (TPSA) is 155 Å². The minimum Gasteiger partial charge on any atom is -0.481 e. The fourth-order valence-corrected chi connectivity index (χ4v) is 1.13. The van der Waals surface area contributed by atoms with Crippen LogP contribution in [0, 0.1) is 0 Å². The van der Waals surface area contributed by atoms with Crippen LogP contribution in [0.3, 0.4) is 0 Å². The first-order chi connectivity index (χ1) is 9.25. The van der Waals surface area contributed by atoms with Gasteiger partial charge in [0.2, 0.25) is 5.91 Å². The lowest BCUT2D eigenvalue weighted by Gasteiger charge is -1.92. The lowest BCUT2D eigenvalue weighted by Crippen LogP contribution is -2.09. The third-order valence-corrected chi connectivity index (χ3v) is 2.10. The summed E-state index contributed by atoms with van der Waals surface area (Å²) < 4.78 is 0. The van der Waals surface area contributed by atoms with Crippen molar-refractivity contribution in [3.05, 3.63) is 0 Å². The molecule has 0 aromatic rings. The highest BCUT2D eigenvalue weighted by Crippen LogP contribution is 1.99. The average molecular weight is 291 g/mol. The van der Waals surface area contributed by atoms with E-state index in [0.717, 1.165) is 0 Å². The molecule has 0 saturated carbocycles. The summed E-state index contributed by atoms with van der Waals surface area (Å²) in [4.78, 5) is 39.8. The maximum Gasteiger partial charge on any atom is 0.303 e. The van der Waals surface area contributed by atoms with Crippen LogP contribution in [-0.4, -0.2) is 39.1 Å². The van der Waals surface area contributed by atoms with E-state index >= 15 is 0 Å². The summed E-state index contributed by atoms with van der Waals surface area (Å²) in [5, 5.41) is 24.4. The van der Waals surface area contributed by atoms with Crippen molar-refractivity contribution in [1.82, 2.24) is 0 Å². The Hall–Kier alpha value is -2.12. The van der Waals surface area contributed by atoms with Crippen molar-refractivity contribution in [2.45, 2.75) is 51.4 Å². The summed E-state index contributed by atoms with van der Waals surface area (Å²) in [5.41, 5.74) is 4.82. The molecule has 0 aliphatic heterocycles. The summed E-state index contributed by atoms with van der Waals surface area (Å²) in [6.07, 6.45) is 2.52. The molecule has 0 saturated heterocycles. The van der Waals surface area contributed by atoms with Crippen molar-refractivity contribution in [3.63, 3.8) is 0 Å². The molecule has 0 aliphatic rings. The van der Waals surface area contributed by atoms with Gasteiger partial charge in [0, 0.05) is 25.7 Å². The Kier molecular flexibility index (Phi) is 13.4. The van der Waals surface area contributed by atoms with E-state index in [1.807, 2.05) is 0 Å². The minimum absolute atomic E-state index is 0.0628. The number of primary amides is 1. The average Bonchev–Trinajstić information content (AvgIpc) is 2.30. The molecule has 5 N–H and O–H groups in total. The molecule has 1 amide bonds.